The molecule has 2 aliphatic rings. The Morgan fingerprint density at radius 3 is 2.59 bits per heavy atom. The van der Waals surface area contributed by atoms with Crippen LogP contribution in [0, 0.1) is 5.82 Å². The van der Waals surface area contributed by atoms with Crippen molar-refractivity contribution in [2.45, 2.75) is 25.3 Å². The van der Waals surface area contributed by atoms with E-state index in [1.54, 1.807) is 37.3 Å². The van der Waals surface area contributed by atoms with Gasteiger partial charge in [-0.3, -0.25) is 14.5 Å². The zero-order valence-corrected chi connectivity index (χ0v) is 17.7. The smallest absolute Gasteiger partial charge is 0.325 e. The van der Waals surface area contributed by atoms with E-state index in [-0.39, 0.29) is 5.82 Å². The fraction of sp³-hybridized carbons (Fsp3) is 0.348. The first-order valence-corrected chi connectivity index (χ1v) is 10.4. The number of fused-ring (bicyclic) bond motifs is 1. The normalized spacial score (nSPS) is 20.0. The van der Waals surface area contributed by atoms with Crippen LogP contribution in [0.3, 0.4) is 0 Å². The molecule has 0 radical (unpaired) electrons. The number of halogens is 1. The predicted molar refractivity (Wildman–Crippen MR) is 113 cm³/mol. The summed E-state index contributed by atoms with van der Waals surface area (Å²) in [5.74, 6) is -0.207. The lowest BCUT2D eigenvalue weighted by molar-refractivity contribution is -0.134. The lowest BCUT2D eigenvalue weighted by atomic mass is 9.91. The van der Waals surface area contributed by atoms with E-state index in [1.807, 2.05) is 0 Å². The van der Waals surface area contributed by atoms with E-state index in [0.29, 0.717) is 43.2 Å². The Hall–Kier alpha value is -3.62. The van der Waals surface area contributed by atoms with Gasteiger partial charge >= 0.3 is 6.03 Å². The highest BCUT2D eigenvalue weighted by Gasteiger charge is 2.49. The van der Waals surface area contributed by atoms with Crippen molar-refractivity contribution in [3.05, 3.63) is 59.4 Å². The minimum absolute atomic E-state index is 0.299. The second-order valence-corrected chi connectivity index (χ2v) is 7.88. The Morgan fingerprint density at radius 2 is 1.84 bits per heavy atom. The number of nitrogens with zero attached hydrogens (tertiary/aromatic N) is 1. The summed E-state index contributed by atoms with van der Waals surface area (Å²) in [7, 11) is 0. The molecule has 2 N–H and O–H groups in total. The molecule has 2 aliphatic heterocycles. The third-order valence-electron chi connectivity index (χ3n) is 5.55. The van der Waals surface area contributed by atoms with Crippen molar-refractivity contribution in [2.24, 2.45) is 0 Å². The average Bonchev–Trinajstić information content (AvgIpc) is 2.94. The number of hydrogen-bond donors (Lipinski definition) is 2. The van der Waals surface area contributed by atoms with E-state index in [4.69, 9.17) is 9.47 Å². The first kappa shape index (κ1) is 21.6. The first-order chi connectivity index (χ1) is 15.4. The van der Waals surface area contributed by atoms with Crippen LogP contribution in [0.2, 0.25) is 0 Å². The number of rotatable bonds is 6. The minimum atomic E-state index is -1.32. The molecule has 0 bridgehead atoms. The maximum Gasteiger partial charge on any atom is 0.325 e. The molecule has 9 heteroatoms. The lowest BCUT2D eigenvalue weighted by Gasteiger charge is -2.23. The summed E-state index contributed by atoms with van der Waals surface area (Å²) in [6.45, 7) is 2.54. The first-order valence-electron chi connectivity index (χ1n) is 10.4. The van der Waals surface area contributed by atoms with Crippen LogP contribution in [0.4, 0.5) is 9.18 Å². The fourth-order valence-corrected chi connectivity index (χ4v) is 3.71. The maximum atomic E-state index is 13.1. The number of amides is 4. The number of urea groups is 1. The van der Waals surface area contributed by atoms with Gasteiger partial charge in [0.25, 0.3) is 5.91 Å². The molecule has 32 heavy (non-hydrogen) atoms. The molecular formula is C23H24FN3O5. The van der Waals surface area contributed by atoms with Crippen molar-refractivity contribution < 1.29 is 28.2 Å². The Kier molecular flexibility index (Phi) is 5.98. The molecular weight excluding hydrogens is 417 g/mol. The van der Waals surface area contributed by atoms with Gasteiger partial charge in [0.2, 0.25) is 5.91 Å². The molecule has 2 heterocycles. The van der Waals surface area contributed by atoms with Crippen LogP contribution in [-0.4, -0.2) is 49.0 Å². The quantitative estimate of drug-likeness (QED) is 0.670. The Labute approximate surface area is 184 Å². The number of imide groups is 1. The molecule has 168 valence electrons. The molecule has 8 nitrogen and oxygen atoms in total. The number of carbonyl (C=O) groups excluding carboxylic acids is 3. The molecule has 2 aromatic carbocycles. The molecule has 0 saturated carbocycles. The number of carbonyl (C=O) groups is 3. The van der Waals surface area contributed by atoms with E-state index in [1.165, 1.54) is 12.1 Å². The van der Waals surface area contributed by atoms with Crippen molar-refractivity contribution in [2.75, 3.05) is 26.3 Å². The highest BCUT2D eigenvalue weighted by molar-refractivity contribution is 6.09. The third kappa shape index (κ3) is 4.37. The van der Waals surface area contributed by atoms with Gasteiger partial charge in [0.05, 0.1) is 13.2 Å². The number of benzene rings is 2. The Morgan fingerprint density at radius 1 is 1.12 bits per heavy atom. The summed E-state index contributed by atoms with van der Waals surface area (Å²) >= 11 is 0. The Bertz CT molecular complexity index is 1040. The maximum absolute atomic E-state index is 13.1. The standard InChI is InChI=1S/C23H24FN3O5/c1-23(16-5-8-18-19(13-16)32-12-2-11-31-18)21(29)27(22(30)26-23)14-20(28)25-10-9-15-3-6-17(24)7-4-15/h3-8,13H,2,9-12,14H2,1H3,(H,25,28)(H,26,30)/t23-/m1/s1. The summed E-state index contributed by atoms with van der Waals surface area (Å²) in [4.78, 5) is 38.8. The summed E-state index contributed by atoms with van der Waals surface area (Å²) in [5, 5.41) is 5.37. The summed E-state index contributed by atoms with van der Waals surface area (Å²) in [6, 6.07) is 10.4. The van der Waals surface area contributed by atoms with Gasteiger partial charge < -0.3 is 20.1 Å². The molecule has 1 atom stereocenters. The van der Waals surface area contributed by atoms with Gasteiger partial charge in [0, 0.05) is 13.0 Å². The molecule has 0 spiro atoms. The lowest BCUT2D eigenvalue weighted by Crippen LogP contribution is -2.43. The number of hydrogen-bond acceptors (Lipinski definition) is 5. The number of ether oxygens (including phenoxy) is 2. The molecule has 4 rings (SSSR count). The second-order valence-electron chi connectivity index (χ2n) is 7.88. The van der Waals surface area contributed by atoms with Crippen molar-refractivity contribution in [1.29, 1.82) is 0 Å². The third-order valence-corrected chi connectivity index (χ3v) is 5.55. The van der Waals surface area contributed by atoms with Crippen LogP contribution >= 0.6 is 0 Å². The molecule has 0 unspecified atom stereocenters. The van der Waals surface area contributed by atoms with Gasteiger partial charge in [-0.2, -0.15) is 0 Å². The van der Waals surface area contributed by atoms with Crippen molar-refractivity contribution in [1.82, 2.24) is 15.5 Å². The van der Waals surface area contributed by atoms with E-state index >= 15 is 0 Å². The summed E-state index contributed by atoms with van der Waals surface area (Å²) in [5.41, 5.74) is 0.0823. The van der Waals surface area contributed by atoms with Gasteiger partial charge in [-0.1, -0.05) is 18.2 Å². The molecule has 0 aliphatic carbocycles. The average molecular weight is 441 g/mol. The van der Waals surface area contributed by atoms with E-state index in [0.717, 1.165) is 16.9 Å². The van der Waals surface area contributed by atoms with E-state index in [2.05, 4.69) is 10.6 Å². The fourth-order valence-electron chi connectivity index (χ4n) is 3.71. The zero-order chi connectivity index (χ0) is 22.7. The zero-order valence-electron chi connectivity index (χ0n) is 17.7. The van der Waals surface area contributed by atoms with Crippen molar-refractivity contribution >= 4 is 17.8 Å². The number of nitrogens with one attached hydrogen (secondary N) is 2. The van der Waals surface area contributed by atoms with E-state index in [9.17, 15) is 18.8 Å². The topological polar surface area (TPSA) is 97.0 Å². The van der Waals surface area contributed by atoms with Crippen molar-refractivity contribution in [3.63, 3.8) is 0 Å². The van der Waals surface area contributed by atoms with Crippen LogP contribution in [0.5, 0.6) is 11.5 Å². The highest BCUT2D eigenvalue weighted by Crippen LogP contribution is 2.36. The van der Waals surface area contributed by atoms with E-state index < -0.39 is 29.9 Å². The SMILES string of the molecule is C[C@]1(c2ccc3c(c2)OCCCO3)NC(=O)N(CC(=O)NCCc2ccc(F)cc2)C1=O. The Balaban J connectivity index is 1.39. The largest absolute Gasteiger partial charge is 0.490 e. The molecule has 1 fully saturated rings. The summed E-state index contributed by atoms with van der Waals surface area (Å²) in [6.07, 6.45) is 1.25. The molecule has 1 saturated heterocycles. The van der Waals surface area contributed by atoms with Crippen LogP contribution in [-0.2, 0) is 21.5 Å². The van der Waals surface area contributed by atoms with Gasteiger partial charge in [-0.05, 0) is 48.7 Å². The minimum Gasteiger partial charge on any atom is -0.490 e. The molecule has 4 amide bonds. The van der Waals surface area contributed by atoms with Crippen LogP contribution in [0.25, 0.3) is 0 Å². The molecule has 2 aromatic rings. The molecule has 0 aromatic heterocycles. The van der Waals surface area contributed by atoms with Gasteiger partial charge in [-0.25, -0.2) is 9.18 Å². The summed E-state index contributed by atoms with van der Waals surface area (Å²) < 4.78 is 24.3. The van der Waals surface area contributed by atoms with Crippen LogP contribution < -0.4 is 20.1 Å². The van der Waals surface area contributed by atoms with Crippen LogP contribution in [0.1, 0.15) is 24.5 Å². The monoisotopic (exact) mass is 441 g/mol. The van der Waals surface area contributed by atoms with Gasteiger partial charge in [0.15, 0.2) is 11.5 Å². The highest BCUT2D eigenvalue weighted by atomic mass is 19.1. The van der Waals surface area contributed by atoms with Gasteiger partial charge in [0.1, 0.15) is 17.9 Å². The second kappa shape index (κ2) is 8.86. The predicted octanol–water partition coefficient (Wildman–Crippen LogP) is 2.11. The van der Waals surface area contributed by atoms with Gasteiger partial charge in [-0.15, -0.1) is 0 Å². The van der Waals surface area contributed by atoms with Crippen molar-refractivity contribution in [3.8, 4) is 11.5 Å². The van der Waals surface area contributed by atoms with Crippen LogP contribution in [0.15, 0.2) is 42.5 Å².